The van der Waals surface area contributed by atoms with E-state index in [0.717, 1.165) is 37.9 Å². The van der Waals surface area contributed by atoms with Gasteiger partial charge in [0.05, 0.1) is 11.1 Å². The van der Waals surface area contributed by atoms with Gasteiger partial charge in [-0.05, 0) is 53.4 Å². The van der Waals surface area contributed by atoms with Crippen molar-refractivity contribution in [3.05, 3.63) is 138 Å². The normalized spacial score (nSPS) is 21.1. The Kier molecular flexibility index (Phi) is 7.94. The highest BCUT2D eigenvalue weighted by atomic mass is 79.9. The third-order valence-electron chi connectivity index (χ3n) is 7.37. The van der Waals surface area contributed by atoms with Crippen LogP contribution in [0.4, 0.5) is 0 Å². The zero-order valence-corrected chi connectivity index (χ0v) is 24.0. The molecule has 1 fully saturated rings. The summed E-state index contributed by atoms with van der Waals surface area (Å²) in [4.78, 5) is 26.5. The smallest absolute Gasteiger partial charge is 0.330 e. The topological polar surface area (TPSA) is 114 Å². The van der Waals surface area contributed by atoms with Gasteiger partial charge in [-0.25, -0.2) is 4.79 Å². The fraction of sp³-hybridized carbons (Fsp3) is 0.290. The third kappa shape index (κ3) is 5.23. The van der Waals surface area contributed by atoms with Crippen LogP contribution in [0.15, 0.2) is 93.1 Å². The highest BCUT2D eigenvalue weighted by Crippen LogP contribution is 2.42. The molecule has 1 aliphatic rings. The van der Waals surface area contributed by atoms with E-state index in [1.54, 1.807) is 0 Å². The number of nitrogens with zero attached hydrogens (tertiary/aromatic N) is 1. The lowest BCUT2D eigenvalue weighted by Crippen LogP contribution is -2.40. The van der Waals surface area contributed by atoms with Crippen molar-refractivity contribution in [2.45, 2.75) is 50.9 Å². The molecule has 4 aromatic rings. The molecule has 3 aromatic carbocycles. The molecule has 0 amide bonds. The second-order valence-electron chi connectivity index (χ2n) is 10.3. The molecule has 5 rings (SSSR count). The molecule has 1 aliphatic heterocycles. The van der Waals surface area contributed by atoms with E-state index in [1.165, 1.54) is 6.20 Å². The maximum absolute atomic E-state index is 12.5. The van der Waals surface area contributed by atoms with E-state index in [1.807, 2.05) is 93.6 Å². The van der Waals surface area contributed by atoms with Gasteiger partial charge in [0.1, 0.15) is 23.9 Å². The molecule has 3 N–H and O–H groups in total. The van der Waals surface area contributed by atoms with Crippen LogP contribution >= 0.6 is 15.9 Å². The second kappa shape index (κ2) is 11.3. The summed E-state index contributed by atoms with van der Waals surface area (Å²) in [7, 11) is 0. The van der Waals surface area contributed by atoms with Crippen molar-refractivity contribution >= 4 is 15.9 Å². The van der Waals surface area contributed by atoms with E-state index in [0.29, 0.717) is 0 Å². The predicted molar refractivity (Wildman–Crippen MR) is 154 cm³/mol. The van der Waals surface area contributed by atoms with Crippen molar-refractivity contribution in [1.82, 2.24) is 9.55 Å². The first-order chi connectivity index (χ1) is 19.1. The molecule has 0 spiro atoms. The van der Waals surface area contributed by atoms with Crippen LogP contribution in [0, 0.1) is 20.8 Å². The molecule has 4 atom stereocenters. The van der Waals surface area contributed by atoms with Crippen molar-refractivity contribution in [1.29, 1.82) is 0 Å². The fourth-order valence-corrected chi connectivity index (χ4v) is 5.39. The number of H-pyrrole nitrogens is 1. The van der Waals surface area contributed by atoms with Gasteiger partial charge in [0, 0.05) is 6.20 Å². The van der Waals surface area contributed by atoms with Crippen LogP contribution in [0.3, 0.4) is 0 Å². The van der Waals surface area contributed by atoms with E-state index >= 15 is 0 Å². The average molecular weight is 608 g/mol. The number of hydrogen-bond donors (Lipinski definition) is 3. The minimum absolute atomic E-state index is 0.0919. The van der Waals surface area contributed by atoms with Gasteiger partial charge in [0.15, 0.2) is 6.23 Å². The van der Waals surface area contributed by atoms with Crippen LogP contribution in [-0.4, -0.2) is 44.7 Å². The van der Waals surface area contributed by atoms with E-state index in [2.05, 4.69) is 20.9 Å². The molecule has 9 heteroatoms. The Morgan fingerprint density at radius 1 is 0.825 bits per heavy atom. The molecule has 0 radical (unpaired) electrons. The number of hydrogen-bond acceptors (Lipinski definition) is 6. The highest BCUT2D eigenvalue weighted by Gasteiger charge is 2.46. The Morgan fingerprint density at radius 2 is 1.27 bits per heavy atom. The molecule has 208 valence electrons. The van der Waals surface area contributed by atoms with Gasteiger partial charge in [-0.15, -0.1) is 0 Å². The van der Waals surface area contributed by atoms with Crippen molar-refractivity contribution in [3.63, 3.8) is 0 Å². The van der Waals surface area contributed by atoms with Crippen LogP contribution in [0.25, 0.3) is 0 Å². The maximum Gasteiger partial charge on any atom is 0.330 e. The molecule has 0 saturated carbocycles. The average Bonchev–Trinajstić information content (AvgIpc) is 3.22. The Hall–Kier alpha value is -3.34. The quantitative estimate of drug-likeness (QED) is 0.275. The summed E-state index contributed by atoms with van der Waals surface area (Å²) in [5.74, 6) is 0. The fourth-order valence-electron chi connectivity index (χ4n) is 5.07. The van der Waals surface area contributed by atoms with Gasteiger partial charge in [-0.2, -0.15) is 0 Å². The first kappa shape index (κ1) is 28.2. The van der Waals surface area contributed by atoms with E-state index in [9.17, 15) is 19.8 Å². The van der Waals surface area contributed by atoms with Gasteiger partial charge in [-0.1, -0.05) is 89.5 Å². The lowest BCUT2D eigenvalue weighted by Gasteiger charge is -2.37. The summed E-state index contributed by atoms with van der Waals surface area (Å²) in [6.45, 7) is 5.95. The number of aryl methyl sites for hydroxylation is 3. The van der Waals surface area contributed by atoms with Crippen molar-refractivity contribution in [3.8, 4) is 0 Å². The monoisotopic (exact) mass is 606 g/mol. The lowest BCUT2D eigenvalue weighted by molar-refractivity contribution is -0.0959. The SMILES string of the molecule is Cc1ccc(C(OCC2OC(n3cc(Br)c(=O)[nH]c3=O)C(O)C2O)(c2ccc(C)cc2)c2ccc(C)cc2)cc1. The van der Waals surface area contributed by atoms with Crippen molar-refractivity contribution < 1.29 is 19.7 Å². The number of ether oxygens (including phenoxy) is 2. The van der Waals surface area contributed by atoms with E-state index in [-0.39, 0.29) is 11.1 Å². The Balaban J connectivity index is 1.56. The minimum atomic E-state index is -1.43. The number of benzene rings is 3. The molecule has 4 unspecified atom stereocenters. The van der Waals surface area contributed by atoms with Crippen LogP contribution < -0.4 is 11.2 Å². The first-order valence-corrected chi connectivity index (χ1v) is 13.8. The molecule has 1 aromatic heterocycles. The largest absolute Gasteiger partial charge is 0.387 e. The van der Waals surface area contributed by atoms with Gasteiger partial charge < -0.3 is 19.7 Å². The Bertz CT molecular complexity index is 1480. The van der Waals surface area contributed by atoms with Crippen LogP contribution in [0.1, 0.15) is 39.6 Å². The molecule has 2 heterocycles. The van der Waals surface area contributed by atoms with Gasteiger partial charge in [0.25, 0.3) is 5.56 Å². The van der Waals surface area contributed by atoms with Gasteiger partial charge in [0.2, 0.25) is 0 Å². The predicted octanol–water partition coefficient (Wildman–Crippen LogP) is 3.85. The molecule has 8 nitrogen and oxygen atoms in total. The Labute approximate surface area is 240 Å². The lowest BCUT2D eigenvalue weighted by atomic mass is 9.79. The molecular formula is C31H31BrN2O6. The number of aromatic nitrogens is 2. The number of rotatable bonds is 7. The van der Waals surface area contributed by atoms with Crippen molar-refractivity contribution in [2.75, 3.05) is 6.61 Å². The highest BCUT2D eigenvalue weighted by molar-refractivity contribution is 9.10. The van der Waals surface area contributed by atoms with Crippen LogP contribution in [-0.2, 0) is 15.1 Å². The third-order valence-corrected chi connectivity index (χ3v) is 7.94. The van der Waals surface area contributed by atoms with Gasteiger partial charge in [-0.3, -0.25) is 14.3 Å². The number of aliphatic hydroxyl groups is 2. The number of aromatic amines is 1. The number of nitrogens with one attached hydrogen (secondary N) is 1. The van der Waals surface area contributed by atoms with Crippen LogP contribution in [0.5, 0.6) is 0 Å². The summed E-state index contributed by atoms with van der Waals surface area (Å²) in [6.07, 6.45) is -3.75. The molecule has 0 bridgehead atoms. The summed E-state index contributed by atoms with van der Waals surface area (Å²) in [5, 5.41) is 21.8. The first-order valence-electron chi connectivity index (χ1n) is 13.0. The summed E-state index contributed by atoms with van der Waals surface area (Å²) in [6, 6.07) is 24.3. The Morgan fingerprint density at radius 3 is 1.73 bits per heavy atom. The number of halogens is 1. The van der Waals surface area contributed by atoms with Crippen LogP contribution in [0.2, 0.25) is 0 Å². The summed E-state index contributed by atoms with van der Waals surface area (Å²) in [5.41, 5.74) is 3.52. The minimum Gasteiger partial charge on any atom is -0.387 e. The zero-order chi connectivity index (χ0) is 28.6. The summed E-state index contributed by atoms with van der Waals surface area (Å²) < 4.78 is 14.0. The molecule has 1 saturated heterocycles. The zero-order valence-electron chi connectivity index (χ0n) is 22.4. The van der Waals surface area contributed by atoms with Crippen molar-refractivity contribution in [2.24, 2.45) is 0 Å². The van der Waals surface area contributed by atoms with Gasteiger partial charge >= 0.3 is 5.69 Å². The van der Waals surface area contributed by atoms with E-state index < -0.39 is 41.4 Å². The summed E-state index contributed by atoms with van der Waals surface area (Å²) >= 11 is 3.10. The number of aliphatic hydroxyl groups excluding tert-OH is 2. The standard InChI is InChI=1S/C31H31BrN2O6/c1-18-4-10-21(11-5-18)31(22-12-6-19(2)7-13-22,23-14-8-20(3)9-15-23)39-17-25-26(35)27(36)29(40-25)34-16-24(32)28(37)33-30(34)38/h4-16,25-27,29,35-36H,17H2,1-3H3,(H,33,37,38). The molecule has 40 heavy (non-hydrogen) atoms. The maximum atomic E-state index is 12.5. The van der Waals surface area contributed by atoms with E-state index in [4.69, 9.17) is 9.47 Å². The molecule has 0 aliphatic carbocycles. The second-order valence-corrected chi connectivity index (χ2v) is 11.1. The molecular weight excluding hydrogens is 576 g/mol.